The summed E-state index contributed by atoms with van der Waals surface area (Å²) >= 11 is 0. The summed E-state index contributed by atoms with van der Waals surface area (Å²) in [7, 11) is 0. The van der Waals surface area contributed by atoms with Crippen LogP contribution in [-0.4, -0.2) is 34.3 Å². The second-order valence-corrected chi connectivity index (χ2v) is 5.50. The fourth-order valence-electron chi connectivity index (χ4n) is 2.57. The smallest absolute Gasteiger partial charge is 0.331 e. The second kappa shape index (κ2) is 5.62. The molecule has 0 spiro atoms. The molecule has 1 unspecified atom stereocenters. The molecule has 1 saturated heterocycles. The number of aromatic nitrogens is 2. The van der Waals surface area contributed by atoms with Gasteiger partial charge < -0.3 is 21.5 Å². The summed E-state index contributed by atoms with van der Waals surface area (Å²) in [5, 5.41) is 9.62. The van der Waals surface area contributed by atoms with Crippen molar-refractivity contribution in [3.05, 3.63) is 41.7 Å². The molecule has 1 aliphatic rings. The number of anilines is 3. The molecule has 0 saturated carbocycles. The van der Waals surface area contributed by atoms with Crippen molar-refractivity contribution in [1.29, 1.82) is 0 Å². The standard InChI is InChI=1S/C15H17F2N5O/c16-15(17,9-4-2-1-3-5-9)14-20-12(19)11(18)13(21-14)22-7-6-10(23)8-22/h1-5,10,23H,6-8,18H2,(H2,19,20,21). The third-order valence-corrected chi connectivity index (χ3v) is 3.84. The quantitative estimate of drug-likeness (QED) is 0.789. The first-order chi connectivity index (χ1) is 10.9. The predicted octanol–water partition coefficient (Wildman–Crippen LogP) is 1.35. The highest BCUT2D eigenvalue weighted by molar-refractivity contribution is 5.74. The molecule has 0 radical (unpaired) electrons. The Labute approximate surface area is 131 Å². The van der Waals surface area contributed by atoms with E-state index in [0.29, 0.717) is 13.0 Å². The Hall–Kier alpha value is -2.48. The van der Waals surface area contributed by atoms with Gasteiger partial charge >= 0.3 is 5.92 Å². The third-order valence-electron chi connectivity index (χ3n) is 3.84. The van der Waals surface area contributed by atoms with E-state index in [4.69, 9.17) is 11.5 Å². The molecular weight excluding hydrogens is 304 g/mol. The maximum absolute atomic E-state index is 14.7. The van der Waals surface area contributed by atoms with E-state index in [-0.39, 0.29) is 29.4 Å². The maximum Gasteiger partial charge on any atom is 0.331 e. The summed E-state index contributed by atoms with van der Waals surface area (Å²) in [5.41, 5.74) is 11.4. The van der Waals surface area contributed by atoms with Crippen LogP contribution in [0.25, 0.3) is 0 Å². The van der Waals surface area contributed by atoms with Crippen LogP contribution >= 0.6 is 0 Å². The van der Waals surface area contributed by atoms with Crippen molar-refractivity contribution in [3.8, 4) is 0 Å². The molecule has 1 fully saturated rings. The van der Waals surface area contributed by atoms with Crippen LogP contribution in [0.2, 0.25) is 0 Å². The first kappa shape index (κ1) is 15.4. The highest BCUT2D eigenvalue weighted by Gasteiger charge is 2.39. The zero-order valence-corrected chi connectivity index (χ0v) is 12.3. The Bertz CT molecular complexity index is 711. The molecule has 5 N–H and O–H groups in total. The molecule has 0 bridgehead atoms. The monoisotopic (exact) mass is 321 g/mol. The molecule has 2 heterocycles. The third kappa shape index (κ3) is 2.77. The molecule has 3 rings (SSSR count). The van der Waals surface area contributed by atoms with Crippen molar-refractivity contribution in [2.75, 3.05) is 29.5 Å². The number of benzene rings is 1. The number of β-amino-alcohol motifs (C(OH)–C–C–N with tert-alkyl or cyclic N) is 1. The number of alkyl halides is 2. The van der Waals surface area contributed by atoms with Gasteiger partial charge in [0.05, 0.1) is 6.10 Å². The predicted molar refractivity (Wildman–Crippen MR) is 83.1 cm³/mol. The summed E-state index contributed by atoms with van der Waals surface area (Å²) in [4.78, 5) is 9.26. The molecule has 0 amide bonds. The molecule has 122 valence electrons. The van der Waals surface area contributed by atoms with E-state index in [2.05, 4.69) is 9.97 Å². The molecule has 2 aromatic rings. The average Bonchev–Trinajstić information content (AvgIpc) is 2.97. The van der Waals surface area contributed by atoms with Crippen molar-refractivity contribution >= 4 is 17.3 Å². The maximum atomic E-state index is 14.7. The SMILES string of the molecule is Nc1nc(C(F)(F)c2ccccc2)nc(N2CCC(O)C2)c1N. The Kier molecular flexibility index (Phi) is 3.77. The number of aliphatic hydroxyl groups is 1. The molecule has 6 nitrogen and oxygen atoms in total. The van der Waals surface area contributed by atoms with Gasteiger partial charge in [-0.05, 0) is 6.42 Å². The van der Waals surface area contributed by atoms with Gasteiger partial charge in [-0.2, -0.15) is 8.78 Å². The zero-order chi connectivity index (χ0) is 16.6. The minimum Gasteiger partial charge on any atom is -0.393 e. The molecule has 1 aromatic heterocycles. The van der Waals surface area contributed by atoms with Crippen LogP contribution in [0.15, 0.2) is 30.3 Å². The minimum atomic E-state index is -3.39. The Morgan fingerprint density at radius 1 is 1.17 bits per heavy atom. The van der Waals surface area contributed by atoms with Gasteiger partial charge in [0.1, 0.15) is 5.69 Å². The van der Waals surface area contributed by atoms with E-state index >= 15 is 0 Å². The number of hydrogen-bond acceptors (Lipinski definition) is 6. The van der Waals surface area contributed by atoms with Crippen LogP contribution in [0.5, 0.6) is 0 Å². The number of hydrogen-bond donors (Lipinski definition) is 3. The van der Waals surface area contributed by atoms with Crippen LogP contribution in [0.4, 0.5) is 26.1 Å². The van der Waals surface area contributed by atoms with Crippen LogP contribution in [0.1, 0.15) is 17.8 Å². The van der Waals surface area contributed by atoms with Gasteiger partial charge in [0, 0.05) is 18.7 Å². The first-order valence-electron chi connectivity index (χ1n) is 7.19. The zero-order valence-electron chi connectivity index (χ0n) is 12.3. The lowest BCUT2D eigenvalue weighted by Crippen LogP contribution is -2.27. The Morgan fingerprint density at radius 3 is 2.48 bits per heavy atom. The topological polar surface area (TPSA) is 101 Å². The van der Waals surface area contributed by atoms with Crippen LogP contribution in [0.3, 0.4) is 0 Å². The van der Waals surface area contributed by atoms with Crippen molar-refractivity contribution < 1.29 is 13.9 Å². The summed E-state index contributed by atoms with van der Waals surface area (Å²) in [5.74, 6) is -4.15. The van der Waals surface area contributed by atoms with E-state index in [1.807, 2.05) is 0 Å². The van der Waals surface area contributed by atoms with Gasteiger partial charge in [0.25, 0.3) is 0 Å². The normalized spacial score (nSPS) is 18.4. The summed E-state index contributed by atoms with van der Waals surface area (Å²) in [6.45, 7) is 0.745. The number of aliphatic hydroxyl groups excluding tert-OH is 1. The van der Waals surface area contributed by atoms with Crippen LogP contribution in [-0.2, 0) is 5.92 Å². The molecule has 1 atom stereocenters. The van der Waals surface area contributed by atoms with E-state index < -0.39 is 17.9 Å². The summed E-state index contributed by atoms with van der Waals surface area (Å²) in [6.07, 6.45) is -0.0167. The highest BCUT2D eigenvalue weighted by Crippen LogP contribution is 2.37. The Balaban J connectivity index is 2.05. The summed E-state index contributed by atoms with van der Waals surface area (Å²) in [6, 6.07) is 7.28. The van der Waals surface area contributed by atoms with Crippen LogP contribution in [0, 0.1) is 0 Å². The number of nitrogen functional groups attached to an aromatic ring is 2. The van der Waals surface area contributed by atoms with Crippen molar-refractivity contribution in [3.63, 3.8) is 0 Å². The lowest BCUT2D eigenvalue weighted by atomic mass is 10.1. The number of halogens is 2. The molecule has 23 heavy (non-hydrogen) atoms. The van der Waals surface area contributed by atoms with Crippen molar-refractivity contribution in [2.24, 2.45) is 0 Å². The minimum absolute atomic E-state index is 0.0479. The van der Waals surface area contributed by atoms with E-state index in [0.717, 1.165) is 0 Å². The van der Waals surface area contributed by atoms with E-state index in [9.17, 15) is 13.9 Å². The highest BCUT2D eigenvalue weighted by atomic mass is 19.3. The second-order valence-electron chi connectivity index (χ2n) is 5.50. The molecule has 8 heteroatoms. The van der Waals surface area contributed by atoms with Crippen molar-refractivity contribution in [2.45, 2.75) is 18.4 Å². The largest absolute Gasteiger partial charge is 0.393 e. The average molecular weight is 321 g/mol. The first-order valence-corrected chi connectivity index (χ1v) is 7.19. The van der Waals surface area contributed by atoms with Gasteiger partial charge in [-0.3, -0.25) is 0 Å². The van der Waals surface area contributed by atoms with Gasteiger partial charge in [-0.1, -0.05) is 30.3 Å². The van der Waals surface area contributed by atoms with Gasteiger partial charge in [0.15, 0.2) is 11.6 Å². The lowest BCUT2D eigenvalue weighted by molar-refractivity contribution is 0.0331. The van der Waals surface area contributed by atoms with E-state index in [1.165, 1.54) is 24.3 Å². The van der Waals surface area contributed by atoms with Gasteiger partial charge in [-0.15, -0.1) is 0 Å². The van der Waals surface area contributed by atoms with Crippen LogP contribution < -0.4 is 16.4 Å². The summed E-state index contributed by atoms with van der Waals surface area (Å²) < 4.78 is 29.3. The fraction of sp³-hybridized carbons (Fsp3) is 0.333. The van der Waals surface area contributed by atoms with Crippen molar-refractivity contribution in [1.82, 2.24) is 9.97 Å². The van der Waals surface area contributed by atoms with E-state index in [1.54, 1.807) is 11.0 Å². The molecule has 1 aliphatic heterocycles. The molecule has 1 aromatic carbocycles. The number of nitrogens with zero attached hydrogens (tertiary/aromatic N) is 3. The molecule has 0 aliphatic carbocycles. The molecular formula is C15H17F2N5O. The number of nitrogens with two attached hydrogens (primary N) is 2. The van der Waals surface area contributed by atoms with Gasteiger partial charge in [0.2, 0.25) is 5.82 Å². The number of rotatable bonds is 3. The lowest BCUT2D eigenvalue weighted by Gasteiger charge is -2.22. The van der Waals surface area contributed by atoms with Gasteiger partial charge in [-0.25, -0.2) is 9.97 Å². The Morgan fingerprint density at radius 2 is 1.87 bits per heavy atom. The fourth-order valence-corrected chi connectivity index (χ4v) is 2.57.